The number of nitrogens with zero attached hydrogens (tertiary/aromatic N) is 2. The first-order valence-corrected chi connectivity index (χ1v) is 9.64. The Kier molecular flexibility index (Phi) is 6.36. The molecule has 3 aromatic rings. The fourth-order valence-electron chi connectivity index (χ4n) is 3.18. The van der Waals surface area contributed by atoms with E-state index in [1.165, 1.54) is 0 Å². The molecule has 3 rings (SSSR count). The number of halogens is 1. The molecule has 2 aromatic carbocycles. The molecule has 0 atom stereocenters. The van der Waals surface area contributed by atoms with Gasteiger partial charge in [0.15, 0.2) is 0 Å². The van der Waals surface area contributed by atoms with Crippen LogP contribution >= 0.6 is 11.6 Å². The highest BCUT2D eigenvalue weighted by Gasteiger charge is 2.18. The van der Waals surface area contributed by atoms with Gasteiger partial charge in [0, 0.05) is 35.6 Å². The van der Waals surface area contributed by atoms with E-state index < -0.39 is 0 Å². The van der Waals surface area contributed by atoms with Crippen LogP contribution in [0, 0.1) is 5.92 Å². The fraction of sp³-hybridized carbons (Fsp3) is 0.261. The highest BCUT2D eigenvalue weighted by Crippen LogP contribution is 2.19. The Morgan fingerprint density at radius 3 is 2.41 bits per heavy atom. The van der Waals surface area contributed by atoms with E-state index in [2.05, 4.69) is 24.5 Å². The maximum absolute atomic E-state index is 13.0. The van der Waals surface area contributed by atoms with Crippen molar-refractivity contribution in [3.05, 3.63) is 94.8 Å². The standard InChI is InChI=1S/C23H25ClN2O/c1-18(2)15-26(23(27)19-9-4-3-5-10-19)17-21-12-8-14-25(21)16-20-11-6-7-13-22(20)24/h3-14,18H,15-17H2,1-2H3. The van der Waals surface area contributed by atoms with Crippen LogP contribution in [0.1, 0.15) is 35.5 Å². The fourth-order valence-corrected chi connectivity index (χ4v) is 3.37. The van der Waals surface area contributed by atoms with E-state index in [-0.39, 0.29) is 5.91 Å². The van der Waals surface area contributed by atoms with Gasteiger partial charge < -0.3 is 9.47 Å². The van der Waals surface area contributed by atoms with Gasteiger partial charge in [-0.15, -0.1) is 0 Å². The monoisotopic (exact) mass is 380 g/mol. The molecule has 3 nitrogen and oxygen atoms in total. The van der Waals surface area contributed by atoms with Crippen molar-refractivity contribution in [2.24, 2.45) is 5.92 Å². The van der Waals surface area contributed by atoms with Crippen LogP contribution in [-0.2, 0) is 13.1 Å². The molecule has 4 heteroatoms. The lowest BCUT2D eigenvalue weighted by Crippen LogP contribution is -2.34. The quantitative estimate of drug-likeness (QED) is 0.532. The van der Waals surface area contributed by atoms with Crippen molar-refractivity contribution in [2.45, 2.75) is 26.9 Å². The SMILES string of the molecule is CC(C)CN(Cc1cccn1Cc1ccccc1Cl)C(=O)c1ccccc1. The van der Waals surface area contributed by atoms with Crippen molar-refractivity contribution in [3.8, 4) is 0 Å². The van der Waals surface area contributed by atoms with E-state index in [0.29, 0.717) is 25.6 Å². The molecule has 0 radical (unpaired) electrons. The van der Waals surface area contributed by atoms with Gasteiger partial charge in [0.2, 0.25) is 0 Å². The molecule has 0 fully saturated rings. The van der Waals surface area contributed by atoms with E-state index in [4.69, 9.17) is 11.6 Å². The predicted octanol–water partition coefficient (Wildman–Crippen LogP) is 5.49. The van der Waals surface area contributed by atoms with Crippen LogP contribution in [0.3, 0.4) is 0 Å². The summed E-state index contributed by atoms with van der Waals surface area (Å²) in [5, 5.41) is 0.761. The van der Waals surface area contributed by atoms with Crippen molar-refractivity contribution >= 4 is 17.5 Å². The van der Waals surface area contributed by atoms with Gasteiger partial charge in [-0.2, -0.15) is 0 Å². The summed E-state index contributed by atoms with van der Waals surface area (Å²) in [4.78, 5) is 15.0. The molecular formula is C23H25ClN2O. The summed E-state index contributed by atoms with van der Waals surface area (Å²) in [6, 6.07) is 21.4. The first-order chi connectivity index (χ1) is 13.0. The topological polar surface area (TPSA) is 25.2 Å². The second-order valence-electron chi connectivity index (χ2n) is 7.16. The maximum atomic E-state index is 13.0. The molecule has 0 saturated heterocycles. The van der Waals surface area contributed by atoms with Gasteiger partial charge >= 0.3 is 0 Å². The summed E-state index contributed by atoms with van der Waals surface area (Å²) < 4.78 is 2.16. The third-order valence-corrected chi connectivity index (χ3v) is 4.84. The van der Waals surface area contributed by atoms with E-state index in [1.807, 2.05) is 71.8 Å². The Morgan fingerprint density at radius 2 is 1.70 bits per heavy atom. The maximum Gasteiger partial charge on any atom is 0.254 e. The number of carbonyl (C=O) groups excluding carboxylic acids is 1. The summed E-state index contributed by atoms with van der Waals surface area (Å²) >= 11 is 6.32. The zero-order valence-electron chi connectivity index (χ0n) is 15.8. The van der Waals surface area contributed by atoms with Crippen molar-refractivity contribution < 1.29 is 4.79 Å². The Labute approximate surface area is 166 Å². The minimum atomic E-state index is 0.0646. The summed E-state index contributed by atoms with van der Waals surface area (Å²) in [6.45, 7) is 6.24. The second kappa shape index (κ2) is 8.92. The Hall–Kier alpha value is -2.52. The van der Waals surface area contributed by atoms with Crippen LogP contribution < -0.4 is 0 Å². The molecule has 140 valence electrons. The van der Waals surface area contributed by atoms with Crippen LogP contribution in [0.2, 0.25) is 5.02 Å². The molecule has 1 aromatic heterocycles. The van der Waals surface area contributed by atoms with Gasteiger partial charge in [0.25, 0.3) is 5.91 Å². The number of hydrogen-bond donors (Lipinski definition) is 0. The smallest absolute Gasteiger partial charge is 0.254 e. The number of rotatable bonds is 7. The highest BCUT2D eigenvalue weighted by molar-refractivity contribution is 6.31. The molecular weight excluding hydrogens is 356 g/mol. The normalized spacial score (nSPS) is 11.0. The Balaban J connectivity index is 1.82. The molecule has 1 amide bonds. The van der Waals surface area contributed by atoms with E-state index >= 15 is 0 Å². The van der Waals surface area contributed by atoms with Gasteiger partial charge in [0.05, 0.1) is 6.54 Å². The molecule has 27 heavy (non-hydrogen) atoms. The van der Waals surface area contributed by atoms with Gasteiger partial charge in [-0.3, -0.25) is 4.79 Å². The van der Waals surface area contributed by atoms with Gasteiger partial charge in [-0.05, 0) is 41.8 Å². The number of amides is 1. The third-order valence-electron chi connectivity index (χ3n) is 4.47. The molecule has 1 heterocycles. The highest BCUT2D eigenvalue weighted by atomic mass is 35.5. The van der Waals surface area contributed by atoms with Crippen LogP contribution in [0.5, 0.6) is 0 Å². The average molecular weight is 381 g/mol. The van der Waals surface area contributed by atoms with E-state index in [9.17, 15) is 4.79 Å². The molecule has 0 aliphatic carbocycles. The molecule has 0 aliphatic rings. The largest absolute Gasteiger partial charge is 0.345 e. The molecule has 0 bridgehead atoms. The van der Waals surface area contributed by atoms with Crippen molar-refractivity contribution in [3.63, 3.8) is 0 Å². The van der Waals surface area contributed by atoms with Crippen LogP contribution in [0.15, 0.2) is 72.9 Å². The third kappa shape index (κ3) is 5.01. The zero-order chi connectivity index (χ0) is 19.2. The minimum absolute atomic E-state index is 0.0646. The van der Waals surface area contributed by atoms with E-state index in [1.54, 1.807) is 0 Å². The molecule has 0 saturated carbocycles. The van der Waals surface area contributed by atoms with Crippen LogP contribution in [0.25, 0.3) is 0 Å². The second-order valence-corrected chi connectivity index (χ2v) is 7.57. The molecule has 0 unspecified atom stereocenters. The summed E-state index contributed by atoms with van der Waals surface area (Å²) in [6.07, 6.45) is 2.04. The summed E-state index contributed by atoms with van der Waals surface area (Å²) in [7, 11) is 0. The minimum Gasteiger partial charge on any atom is -0.345 e. The first kappa shape index (κ1) is 19.2. The lowest BCUT2D eigenvalue weighted by atomic mass is 10.1. The van der Waals surface area contributed by atoms with Gasteiger partial charge in [-0.1, -0.05) is 61.8 Å². The van der Waals surface area contributed by atoms with Crippen LogP contribution in [-0.4, -0.2) is 21.9 Å². The molecule has 0 N–H and O–H groups in total. The van der Waals surface area contributed by atoms with Gasteiger partial charge in [-0.25, -0.2) is 0 Å². The predicted molar refractivity (Wildman–Crippen MR) is 111 cm³/mol. The zero-order valence-corrected chi connectivity index (χ0v) is 16.6. The summed E-state index contributed by atoms with van der Waals surface area (Å²) in [5.41, 5.74) is 2.89. The Morgan fingerprint density at radius 1 is 1.00 bits per heavy atom. The van der Waals surface area contributed by atoms with Crippen molar-refractivity contribution in [2.75, 3.05) is 6.54 Å². The number of benzene rings is 2. The van der Waals surface area contributed by atoms with Crippen molar-refractivity contribution in [1.29, 1.82) is 0 Å². The average Bonchev–Trinajstić information content (AvgIpc) is 3.09. The van der Waals surface area contributed by atoms with Crippen LogP contribution in [0.4, 0.5) is 0 Å². The number of carbonyl (C=O) groups is 1. The Bertz CT molecular complexity index is 886. The van der Waals surface area contributed by atoms with E-state index in [0.717, 1.165) is 21.8 Å². The lowest BCUT2D eigenvalue weighted by molar-refractivity contribution is 0.0718. The lowest BCUT2D eigenvalue weighted by Gasteiger charge is -2.25. The molecule has 0 spiro atoms. The number of aromatic nitrogens is 1. The van der Waals surface area contributed by atoms with Crippen molar-refractivity contribution in [1.82, 2.24) is 9.47 Å². The number of hydrogen-bond acceptors (Lipinski definition) is 1. The van der Waals surface area contributed by atoms with Gasteiger partial charge in [0.1, 0.15) is 0 Å². The molecule has 0 aliphatic heterocycles. The first-order valence-electron chi connectivity index (χ1n) is 9.26. The summed E-state index contributed by atoms with van der Waals surface area (Å²) in [5.74, 6) is 0.458.